The van der Waals surface area contributed by atoms with Crippen LogP contribution in [0, 0.1) is 5.92 Å². The molecular weight excluding hydrogens is 184 g/mol. The monoisotopic (exact) mass is 198 g/mol. The van der Waals surface area contributed by atoms with E-state index in [9.17, 15) is 14.4 Å². The maximum atomic E-state index is 11.4. The van der Waals surface area contributed by atoms with E-state index in [0.717, 1.165) is 0 Å². The molecule has 1 rings (SSSR count). The Bertz CT molecular complexity index is 240. The van der Waals surface area contributed by atoms with Gasteiger partial charge in [-0.15, -0.1) is 0 Å². The summed E-state index contributed by atoms with van der Waals surface area (Å²) >= 11 is 0. The topological polar surface area (TPSA) is 60.4 Å². The van der Waals surface area contributed by atoms with Crippen LogP contribution in [-0.4, -0.2) is 23.6 Å². The molecule has 0 saturated carbocycles. The summed E-state index contributed by atoms with van der Waals surface area (Å²) in [5, 5.41) is 0. The highest BCUT2D eigenvalue weighted by atomic mass is 16.5. The van der Waals surface area contributed by atoms with Crippen LogP contribution < -0.4 is 0 Å². The van der Waals surface area contributed by atoms with Crippen molar-refractivity contribution in [2.24, 2.45) is 5.92 Å². The van der Waals surface area contributed by atoms with E-state index in [2.05, 4.69) is 0 Å². The molecule has 0 aliphatic carbocycles. The van der Waals surface area contributed by atoms with E-state index in [1.165, 1.54) is 0 Å². The van der Waals surface area contributed by atoms with Gasteiger partial charge >= 0.3 is 5.97 Å². The highest BCUT2D eigenvalue weighted by Gasteiger charge is 2.39. The highest BCUT2D eigenvalue weighted by Crippen LogP contribution is 2.19. The molecule has 0 radical (unpaired) electrons. The molecule has 0 unspecified atom stereocenters. The predicted octanol–water partition coefficient (Wildman–Crippen LogP) is 0.876. The molecule has 0 amide bonds. The van der Waals surface area contributed by atoms with Crippen LogP contribution >= 0.6 is 0 Å². The zero-order chi connectivity index (χ0) is 10.7. The number of hydrogen-bond donors (Lipinski definition) is 0. The lowest BCUT2D eigenvalue weighted by atomic mass is 9.91. The Morgan fingerprint density at radius 1 is 1.50 bits per heavy atom. The van der Waals surface area contributed by atoms with Crippen LogP contribution in [0.15, 0.2) is 0 Å². The van der Waals surface area contributed by atoms with Gasteiger partial charge in [0, 0.05) is 12.8 Å². The number of esters is 1. The van der Waals surface area contributed by atoms with Crippen molar-refractivity contribution >= 4 is 17.5 Å². The molecule has 4 nitrogen and oxygen atoms in total. The number of carbonyl (C=O) groups is 3. The SMILES string of the molecule is CCCC(=O)[C@H]1C(=O)C[C@@H](C)OC1=O. The van der Waals surface area contributed by atoms with Crippen molar-refractivity contribution in [2.45, 2.75) is 39.2 Å². The molecule has 1 saturated heterocycles. The smallest absolute Gasteiger partial charge is 0.324 e. The second-order valence-electron chi connectivity index (χ2n) is 3.57. The largest absolute Gasteiger partial charge is 0.461 e. The van der Waals surface area contributed by atoms with Crippen LogP contribution in [-0.2, 0) is 19.1 Å². The quantitative estimate of drug-likeness (QED) is 0.499. The molecular formula is C10H14O4. The summed E-state index contributed by atoms with van der Waals surface area (Å²) in [5.41, 5.74) is 0. The highest BCUT2D eigenvalue weighted by molar-refractivity contribution is 6.18. The lowest BCUT2D eigenvalue weighted by Gasteiger charge is -2.23. The third-order valence-corrected chi connectivity index (χ3v) is 2.18. The van der Waals surface area contributed by atoms with Crippen molar-refractivity contribution in [3.63, 3.8) is 0 Å². The molecule has 0 spiro atoms. The fourth-order valence-electron chi connectivity index (χ4n) is 1.54. The molecule has 4 heteroatoms. The minimum absolute atomic E-state index is 0.159. The first-order chi connectivity index (χ1) is 6.56. The maximum absolute atomic E-state index is 11.4. The molecule has 0 aromatic rings. The van der Waals surface area contributed by atoms with E-state index in [1.807, 2.05) is 6.92 Å². The predicted molar refractivity (Wildman–Crippen MR) is 48.6 cm³/mol. The summed E-state index contributed by atoms with van der Waals surface area (Å²) in [6, 6.07) is 0. The summed E-state index contributed by atoms with van der Waals surface area (Å²) in [7, 11) is 0. The van der Waals surface area contributed by atoms with E-state index in [-0.39, 0.29) is 30.5 Å². The lowest BCUT2D eigenvalue weighted by molar-refractivity contribution is -0.165. The third-order valence-electron chi connectivity index (χ3n) is 2.18. The summed E-state index contributed by atoms with van der Waals surface area (Å²) in [4.78, 5) is 34.1. The van der Waals surface area contributed by atoms with Crippen LogP contribution in [0.25, 0.3) is 0 Å². The van der Waals surface area contributed by atoms with Crippen molar-refractivity contribution in [1.29, 1.82) is 0 Å². The number of rotatable bonds is 3. The van der Waals surface area contributed by atoms with Gasteiger partial charge < -0.3 is 4.74 Å². The Hall–Kier alpha value is -1.19. The molecule has 2 atom stereocenters. The summed E-state index contributed by atoms with van der Waals surface area (Å²) < 4.78 is 4.86. The molecule has 0 bridgehead atoms. The standard InChI is InChI=1S/C10H14O4/c1-3-4-7(11)9-8(12)5-6(2)14-10(9)13/h6,9H,3-5H2,1-2H3/t6-,9+/m1/s1. The third kappa shape index (κ3) is 2.19. The number of cyclic esters (lactones) is 1. The molecule has 0 N–H and O–H groups in total. The van der Waals surface area contributed by atoms with Gasteiger partial charge in [-0.2, -0.15) is 0 Å². The number of hydrogen-bond acceptors (Lipinski definition) is 4. The van der Waals surface area contributed by atoms with Crippen molar-refractivity contribution in [3.8, 4) is 0 Å². The summed E-state index contributed by atoms with van der Waals surface area (Å²) in [6.07, 6.45) is 0.678. The second-order valence-corrected chi connectivity index (χ2v) is 3.57. The second kappa shape index (κ2) is 4.35. The van der Waals surface area contributed by atoms with Gasteiger partial charge in [-0.1, -0.05) is 6.92 Å². The van der Waals surface area contributed by atoms with Crippen molar-refractivity contribution in [3.05, 3.63) is 0 Å². The van der Waals surface area contributed by atoms with Gasteiger partial charge in [0.2, 0.25) is 0 Å². The molecule has 1 aliphatic heterocycles. The summed E-state index contributed by atoms with van der Waals surface area (Å²) in [5.74, 6) is -2.43. The van der Waals surface area contributed by atoms with Crippen molar-refractivity contribution in [2.75, 3.05) is 0 Å². The Morgan fingerprint density at radius 2 is 2.14 bits per heavy atom. The van der Waals surface area contributed by atoms with Gasteiger partial charge in [-0.25, -0.2) is 0 Å². The van der Waals surface area contributed by atoms with E-state index in [0.29, 0.717) is 6.42 Å². The van der Waals surface area contributed by atoms with Crippen LogP contribution in [0.3, 0.4) is 0 Å². The Morgan fingerprint density at radius 3 is 2.64 bits per heavy atom. The minimum atomic E-state index is -1.15. The lowest BCUT2D eigenvalue weighted by Crippen LogP contribution is -2.41. The average molecular weight is 198 g/mol. The zero-order valence-corrected chi connectivity index (χ0v) is 8.41. The van der Waals surface area contributed by atoms with Crippen LogP contribution in [0.2, 0.25) is 0 Å². The maximum Gasteiger partial charge on any atom is 0.324 e. The zero-order valence-electron chi connectivity index (χ0n) is 8.41. The van der Waals surface area contributed by atoms with Gasteiger partial charge in [0.05, 0.1) is 0 Å². The van der Waals surface area contributed by atoms with Crippen molar-refractivity contribution in [1.82, 2.24) is 0 Å². The van der Waals surface area contributed by atoms with Gasteiger partial charge in [-0.3, -0.25) is 14.4 Å². The molecule has 78 valence electrons. The molecule has 1 heterocycles. The van der Waals surface area contributed by atoms with E-state index < -0.39 is 11.9 Å². The first-order valence-electron chi connectivity index (χ1n) is 4.82. The van der Waals surface area contributed by atoms with E-state index >= 15 is 0 Å². The van der Waals surface area contributed by atoms with Gasteiger partial charge in [0.15, 0.2) is 17.5 Å². The number of ketones is 2. The number of Topliss-reactive ketones (excluding diaryl/α,β-unsaturated/α-hetero) is 2. The molecule has 0 aromatic heterocycles. The first-order valence-corrected chi connectivity index (χ1v) is 4.82. The molecule has 0 aromatic carbocycles. The minimum Gasteiger partial charge on any atom is -0.461 e. The van der Waals surface area contributed by atoms with Gasteiger partial charge in [0.25, 0.3) is 0 Å². The number of ether oxygens (including phenoxy) is 1. The van der Waals surface area contributed by atoms with Crippen LogP contribution in [0.4, 0.5) is 0 Å². The van der Waals surface area contributed by atoms with E-state index in [1.54, 1.807) is 6.92 Å². The Balaban J connectivity index is 2.72. The Labute approximate surface area is 82.6 Å². The van der Waals surface area contributed by atoms with E-state index in [4.69, 9.17) is 4.74 Å². The first kappa shape index (κ1) is 10.9. The molecule has 1 aliphatic rings. The van der Waals surface area contributed by atoms with Crippen molar-refractivity contribution < 1.29 is 19.1 Å². The summed E-state index contributed by atoms with van der Waals surface area (Å²) in [6.45, 7) is 3.48. The molecule has 14 heavy (non-hydrogen) atoms. The Kier molecular flexibility index (Phi) is 3.38. The van der Waals surface area contributed by atoms with Gasteiger partial charge in [0.1, 0.15) is 6.10 Å². The van der Waals surface area contributed by atoms with Crippen LogP contribution in [0.1, 0.15) is 33.1 Å². The normalized spacial score (nSPS) is 27.3. The average Bonchev–Trinajstić information content (AvgIpc) is 2.01. The van der Waals surface area contributed by atoms with Crippen LogP contribution in [0.5, 0.6) is 0 Å². The fourth-order valence-corrected chi connectivity index (χ4v) is 1.54. The fraction of sp³-hybridized carbons (Fsp3) is 0.700. The van der Waals surface area contributed by atoms with Gasteiger partial charge in [-0.05, 0) is 13.3 Å². The molecule has 1 fully saturated rings. The number of carbonyl (C=O) groups excluding carboxylic acids is 3.